The van der Waals surface area contributed by atoms with E-state index in [0.717, 1.165) is 16.1 Å². The third kappa shape index (κ3) is 4.96. The predicted octanol–water partition coefficient (Wildman–Crippen LogP) is 4.45. The van der Waals surface area contributed by atoms with E-state index < -0.39 is 0 Å². The fourth-order valence-corrected chi connectivity index (χ4v) is 3.35. The molecule has 1 heterocycles. The average Bonchev–Trinajstić information content (AvgIpc) is 3.15. The molecule has 1 aromatic heterocycles. The Labute approximate surface area is 166 Å². The molecule has 0 unspecified atom stereocenters. The maximum atomic E-state index is 12.2. The summed E-state index contributed by atoms with van der Waals surface area (Å²) in [5.74, 6) is 1.19. The van der Waals surface area contributed by atoms with E-state index in [4.69, 9.17) is 21.1 Å². The number of carbonyl (C=O) groups excluding carboxylic acids is 1. The summed E-state index contributed by atoms with van der Waals surface area (Å²) in [7, 11) is 3.17. The average molecular weight is 404 g/mol. The van der Waals surface area contributed by atoms with E-state index in [1.165, 1.54) is 11.3 Å². The van der Waals surface area contributed by atoms with Crippen molar-refractivity contribution in [3.63, 3.8) is 0 Å². The molecular weight excluding hydrogens is 386 g/mol. The molecule has 0 aliphatic rings. The van der Waals surface area contributed by atoms with Crippen molar-refractivity contribution in [2.24, 2.45) is 0 Å². The molecule has 140 valence electrons. The zero-order chi connectivity index (χ0) is 19.2. The van der Waals surface area contributed by atoms with Gasteiger partial charge in [0.2, 0.25) is 11.0 Å². The molecule has 6 nitrogen and oxygen atoms in total. The minimum Gasteiger partial charge on any atom is -0.493 e. The number of hydrogen-bond donors (Lipinski definition) is 1. The number of benzene rings is 2. The number of halogens is 1. The zero-order valence-electron chi connectivity index (χ0n) is 14.9. The molecule has 0 aliphatic carbocycles. The number of nitrogens with zero attached hydrogens (tertiary/aromatic N) is 2. The summed E-state index contributed by atoms with van der Waals surface area (Å²) in [6, 6.07) is 12.9. The van der Waals surface area contributed by atoms with Gasteiger partial charge in [0.1, 0.15) is 5.01 Å². The van der Waals surface area contributed by atoms with Gasteiger partial charge >= 0.3 is 0 Å². The van der Waals surface area contributed by atoms with Crippen LogP contribution in [0.2, 0.25) is 5.02 Å². The molecule has 3 rings (SSSR count). The van der Waals surface area contributed by atoms with Crippen molar-refractivity contribution in [1.29, 1.82) is 0 Å². The first kappa shape index (κ1) is 19.1. The van der Waals surface area contributed by atoms with Crippen LogP contribution in [0.25, 0.3) is 10.6 Å². The highest BCUT2D eigenvalue weighted by Crippen LogP contribution is 2.29. The van der Waals surface area contributed by atoms with Gasteiger partial charge in [0.25, 0.3) is 0 Å². The van der Waals surface area contributed by atoms with E-state index in [9.17, 15) is 4.79 Å². The lowest BCUT2D eigenvalue weighted by Gasteiger charge is -2.09. The normalized spacial score (nSPS) is 10.5. The molecule has 0 saturated carbocycles. The smallest absolute Gasteiger partial charge is 0.226 e. The summed E-state index contributed by atoms with van der Waals surface area (Å²) in [4.78, 5) is 12.2. The Hall–Kier alpha value is -2.64. The van der Waals surface area contributed by atoms with Gasteiger partial charge in [-0.3, -0.25) is 4.79 Å². The van der Waals surface area contributed by atoms with Gasteiger partial charge in [-0.2, -0.15) is 0 Å². The predicted molar refractivity (Wildman–Crippen MR) is 107 cm³/mol. The number of aryl methyl sites for hydroxylation is 1. The number of nitrogens with one attached hydrogen (secondary N) is 1. The van der Waals surface area contributed by atoms with Crippen LogP contribution < -0.4 is 14.8 Å². The summed E-state index contributed by atoms with van der Waals surface area (Å²) in [6.45, 7) is 0. The van der Waals surface area contributed by atoms with Gasteiger partial charge in [0.15, 0.2) is 11.5 Å². The van der Waals surface area contributed by atoms with E-state index in [1.54, 1.807) is 26.4 Å². The highest BCUT2D eigenvalue weighted by molar-refractivity contribution is 7.18. The molecular formula is C19H18ClN3O3S. The Morgan fingerprint density at radius 3 is 2.52 bits per heavy atom. The minimum absolute atomic E-state index is 0.122. The number of methoxy groups -OCH3 is 2. The molecule has 0 fully saturated rings. The highest BCUT2D eigenvalue weighted by atomic mass is 35.5. The van der Waals surface area contributed by atoms with Crippen molar-refractivity contribution < 1.29 is 14.3 Å². The van der Waals surface area contributed by atoms with Gasteiger partial charge in [-0.1, -0.05) is 41.1 Å². The number of amides is 1. The highest BCUT2D eigenvalue weighted by Gasteiger charge is 2.11. The topological polar surface area (TPSA) is 73.3 Å². The van der Waals surface area contributed by atoms with Gasteiger partial charge in [-0.25, -0.2) is 0 Å². The van der Waals surface area contributed by atoms with Gasteiger partial charge in [0.05, 0.1) is 14.2 Å². The maximum absolute atomic E-state index is 12.2. The Bertz CT molecular complexity index is 928. The molecule has 0 spiro atoms. The number of aromatic nitrogens is 2. The van der Waals surface area contributed by atoms with E-state index in [1.807, 2.05) is 30.3 Å². The molecule has 8 heteroatoms. The van der Waals surface area contributed by atoms with Crippen LogP contribution in [-0.4, -0.2) is 30.3 Å². The minimum atomic E-state index is -0.122. The lowest BCUT2D eigenvalue weighted by molar-refractivity contribution is -0.116. The second kappa shape index (κ2) is 8.83. The third-order valence-corrected chi connectivity index (χ3v) is 4.99. The van der Waals surface area contributed by atoms with Gasteiger partial charge in [0, 0.05) is 17.0 Å². The van der Waals surface area contributed by atoms with Gasteiger partial charge in [-0.15, -0.1) is 10.2 Å². The Balaban J connectivity index is 1.58. The van der Waals surface area contributed by atoms with Crippen LogP contribution in [0.15, 0.2) is 42.5 Å². The molecule has 1 amide bonds. The monoisotopic (exact) mass is 403 g/mol. The number of carbonyl (C=O) groups is 1. The van der Waals surface area contributed by atoms with Crippen molar-refractivity contribution in [2.45, 2.75) is 12.8 Å². The van der Waals surface area contributed by atoms with E-state index in [-0.39, 0.29) is 5.91 Å². The van der Waals surface area contributed by atoms with Crippen molar-refractivity contribution in [2.75, 3.05) is 19.5 Å². The molecule has 0 aliphatic heterocycles. The van der Waals surface area contributed by atoms with Gasteiger partial charge < -0.3 is 14.8 Å². The zero-order valence-corrected chi connectivity index (χ0v) is 16.4. The Morgan fingerprint density at radius 1 is 1.07 bits per heavy atom. The number of hydrogen-bond acceptors (Lipinski definition) is 6. The quantitative estimate of drug-likeness (QED) is 0.631. The molecule has 0 saturated heterocycles. The van der Waals surface area contributed by atoms with Crippen LogP contribution in [0.4, 0.5) is 5.13 Å². The summed E-state index contributed by atoms with van der Waals surface area (Å²) in [6.07, 6.45) is 0.903. The Morgan fingerprint density at radius 2 is 1.81 bits per heavy atom. The van der Waals surface area contributed by atoms with E-state index >= 15 is 0 Å². The number of ether oxygens (including phenoxy) is 2. The van der Waals surface area contributed by atoms with Crippen molar-refractivity contribution in [1.82, 2.24) is 10.2 Å². The van der Waals surface area contributed by atoms with Crippen LogP contribution in [0.1, 0.15) is 12.0 Å². The first-order valence-corrected chi connectivity index (χ1v) is 9.38. The second-order valence-electron chi connectivity index (χ2n) is 5.66. The standard InChI is InChI=1S/C19H18ClN3O3S/c1-25-15-9-3-12(11-16(15)26-2)4-10-17(24)21-19-23-22-18(27-19)13-5-7-14(20)8-6-13/h3,5-9,11H,4,10H2,1-2H3,(H,21,23,24). The summed E-state index contributed by atoms with van der Waals surface area (Å²) in [5.41, 5.74) is 1.89. The van der Waals surface area contributed by atoms with Gasteiger partial charge in [-0.05, 0) is 36.2 Å². The van der Waals surface area contributed by atoms with Crippen LogP contribution >= 0.6 is 22.9 Å². The fraction of sp³-hybridized carbons (Fsp3) is 0.211. The summed E-state index contributed by atoms with van der Waals surface area (Å²) < 4.78 is 10.5. The summed E-state index contributed by atoms with van der Waals surface area (Å²) >= 11 is 7.21. The molecule has 27 heavy (non-hydrogen) atoms. The lowest BCUT2D eigenvalue weighted by atomic mass is 10.1. The van der Waals surface area contributed by atoms with Crippen molar-refractivity contribution >= 4 is 34.0 Å². The van der Waals surface area contributed by atoms with Crippen molar-refractivity contribution in [3.05, 3.63) is 53.1 Å². The SMILES string of the molecule is COc1ccc(CCC(=O)Nc2nnc(-c3ccc(Cl)cc3)s2)cc1OC. The fourth-order valence-electron chi connectivity index (χ4n) is 2.46. The first-order chi connectivity index (χ1) is 13.1. The largest absolute Gasteiger partial charge is 0.493 e. The third-order valence-electron chi connectivity index (χ3n) is 3.85. The van der Waals surface area contributed by atoms with E-state index in [2.05, 4.69) is 15.5 Å². The molecule has 0 atom stereocenters. The first-order valence-electron chi connectivity index (χ1n) is 8.19. The molecule has 2 aromatic carbocycles. The second-order valence-corrected chi connectivity index (χ2v) is 7.07. The lowest BCUT2D eigenvalue weighted by Crippen LogP contribution is -2.12. The molecule has 3 aromatic rings. The molecule has 0 radical (unpaired) electrons. The van der Waals surface area contributed by atoms with E-state index in [0.29, 0.717) is 34.5 Å². The van der Waals surface area contributed by atoms with Crippen LogP contribution in [0.5, 0.6) is 11.5 Å². The van der Waals surface area contributed by atoms with Crippen LogP contribution in [0, 0.1) is 0 Å². The molecule has 0 bridgehead atoms. The maximum Gasteiger partial charge on any atom is 0.226 e. The molecule has 1 N–H and O–H groups in total. The van der Waals surface area contributed by atoms with Crippen LogP contribution in [0.3, 0.4) is 0 Å². The number of anilines is 1. The summed E-state index contributed by atoms with van der Waals surface area (Å²) in [5, 5.41) is 12.8. The van der Waals surface area contributed by atoms with Crippen LogP contribution in [-0.2, 0) is 11.2 Å². The van der Waals surface area contributed by atoms with Crippen molar-refractivity contribution in [3.8, 4) is 22.1 Å². The Kier molecular flexibility index (Phi) is 6.26. The number of rotatable bonds is 7.